The van der Waals surface area contributed by atoms with Gasteiger partial charge in [-0.25, -0.2) is 0 Å². The van der Waals surface area contributed by atoms with Crippen molar-refractivity contribution in [3.05, 3.63) is 78.7 Å². The van der Waals surface area contributed by atoms with Gasteiger partial charge >= 0.3 is 148 Å². The molecule has 6 aromatic rings. The van der Waals surface area contributed by atoms with E-state index in [2.05, 4.69) is 60.7 Å². The molecule has 0 fully saturated rings. The number of allylic oxidation sites excluding steroid dienone is 2. The van der Waals surface area contributed by atoms with E-state index >= 15 is 0 Å². The van der Waals surface area contributed by atoms with Crippen LogP contribution < -0.4 is 0 Å². The summed E-state index contributed by atoms with van der Waals surface area (Å²) in [6, 6.07) is 23.4. The Labute approximate surface area is 259 Å². The predicted octanol–water partition coefficient (Wildman–Crippen LogP) is 9.63. The van der Waals surface area contributed by atoms with Gasteiger partial charge in [0.05, 0.1) is 5.76 Å². The molecule has 0 saturated carbocycles. The molecule has 1 radical (unpaired) electrons. The molecule has 0 unspecified atom stereocenters. The van der Waals surface area contributed by atoms with Gasteiger partial charge in [0.15, 0.2) is 5.78 Å². The summed E-state index contributed by atoms with van der Waals surface area (Å²) in [4.78, 5) is 16.5. The first-order valence-corrected chi connectivity index (χ1v) is 16.4. The Morgan fingerprint density at radius 1 is 0.925 bits per heavy atom. The zero-order valence-electron chi connectivity index (χ0n) is 23.3. The van der Waals surface area contributed by atoms with Crippen LogP contribution in [-0.4, -0.2) is 30.4 Å². The van der Waals surface area contributed by atoms with Gasteiger partial charge in [0.25, 0.3) is 0 Å². The summed E-state index contributed by atoms with van der Waals surface area (Å²) in [6.45, 7) is 8.07. The van der Waals surface area contributed by atoms with Crippen molar-refractivity contribution in [1.29, 1.82) is 0 Å². The van der Waals surface area contributed by atoms with Gasteiger partial charge < -0.3 is 5.11 Å². The summed E-state index contributed by atoms with van der Waals surface area (Å²) in [5, 5.41) is 16.1. The molecule has 0 aliphatic carbocycles. The van der Waals surface area contributed by atoms with Gasteiger partial charge in [-0.2, -0.15) is 0 Å². The van der Waals surface area contributed by atoms with E-state index < -0.39 is 0 Å². The van der Waals surface area contributed by atoms with Crippen molar-refractivity contribution in [1.82, 2.24) is 4.98 Å². The molecule has 0 atom stereocenters. The number of benzene rings is 3. The van der Waals surface area contributed by atoms with Gasteiger partial charge in [0, 0.05) is 38.0 Å². The van der Waals surface area contributed by atoms with Gasteiger partial charge in [-0.1, -0.05) is 27.7 Å². The fourth-order valence-electron chi connectivity index (χ4n) is 5.31. The van der Waals surface area contributed by atoms with Gasteiger partial charge in [0.1, 0.15) is 0 Å². The van der Waals surface area contributed by atoms with Gasteiger partial charge in [-0.3, -0.25) is 4.79 Å². The van der Waals surface area contributed by atoms with E-state index in [0.29, 0.717) is 0 Å². The Bertz CT molecular complexity index is 1810. The summed E-state index contributed by atoms with van der Waals surface area (Å²) in [6.07, 6.45) is 6.85. The van der Waals surface area contributed by atoms with Gasteiger partial charge in [-0.05, 0) is 25.7 Å². The Morgan fingerprint density at radius 3 is 2.35 bits per heavy atom. The van der Waals surface area contributed by atoms with E-state index in [1.807, 2.05) is 45.2 Å². The van der Waals surface area contributed by atoms with E-state index in [1.54, 1.807) is 0 Å². The molecule has 0 spiro atoms. The Morgan fingerprint density at radius 2 is 1.62 bits per heavy atom. The number of hydrogen-bond donors (Lipinski definition) is 1. The van der Waals surface area contributed by atoms with E-state index in [-0.39, 0.29) is 58.0 Å². The number of aromatic nitrogens is 1. The SMILES string of the molecule is CCC(CC)C(=O)/C=C(\O)C(CC)CC.[Ir].[c-]1c2ccccc2cc2[se]c3cccc4sc5ccnc(c12)c5c43. The predicted molar refractivity (Wildman–Crippen MR) is 169 cm³/mol. The number of rotatable bonds is 7. The van der Waals surface area contributed by atoms with Crippen LogP contribution in [0.25, 0.3) is 50.4 Å². The van der Waals surface area contributed by atoms with E-state index in [9.17, 15) is 9.90 Å². The second-order valence-electron chi connectivity index (χ2n) is 9.96. The molecule has 0 saturated heterocycles. The number of pyridine rings is 1. The molecule has 6 rings (SSSR count). The average molecular weight is 792 g/mol. The van der Waals surface area contributed by atoms with Crippen molar-refractivity contribution in [2.45, 2.75) is 53.4 Å². The fraction of sp³-hybridized carbons (Fsp3) is 0.294. The molecule has 209 valence electrons. The van der Waals surface area contributed by atoms with Crippen LogP contribution in [0.1, 0.15) is 53.4 Å². The van der Waals surface area contributed by atoms with E-state index in [0.717, 1.165) is 31.2 Å². The normalized spacial score (nSPS) is 12.0. The van der Waals surface area contributed by atoms with E-state index in [4.69, 9.17) is 4.98 Å². The monoisotopic (exact) mass is 793 g/mol. The molecule has 6 heteroatoms. The molecular weight excluding hydrogens is 758 g/mol. The second kappa shape index (κ2) is 13.6. The first kappa shape index (κ1) is 30.6. The van der Waals surface area contributed by atoms with E-state index in [1.165, 1.54) is 50.9 Å². The number of aliphatic hydroxyl groups is 1. The number of hydrogen-bond acceptors (Lipinski definition) is 4. The van der Waals surface area contributed by atoms with Crippen LogP contribution in [-0.2, 0) is 24.9 Å². The van der Waals surface area contributed by atoms with Crippen molar-refractivity contribution in [3.63, 3.8) is 0 Å². The summed E-state index contributed by atoms with van der Waals surface area (Å²) in [5.41, 5.74) is 1.10. The third-order valence-corrected chi connectivity index (χ3v) is 11.1. The van der Waals surface area contributed by atoms with Crippen LogP contribution in [0, 0.1) is 17.9 Å². The molecule has 3 aromatic carbocycles. The summed E-state index contributed by atoms with van der Waals surface area (Å²) >= 11 is 2.14. The van der Waals surface area contributed by atoms with Crippen molar-refractivity contribution in [2.24, 2.45) is 11.8 Å². The van der Waals surface area contributed by atoms with Crippen molar-refractivity contribution in [2.75, 3.05) is 0 Å². The van der Waals surface area contributed by atoms with Crippen molar-refractivity contribution < 1.29 is 30.0 Å². The number of carbonyl (C=O) groups excluding carboxylic acids is 1. The quantitative estimate of drug-likeness (QED) is 0.0759. The fourth-order valence-corrected chi connectivity index (χ4v) is 8.96. The van der Waals surface area contributed by atoms with Crippen LogP contribution in [0.4, 0.5) is 0 Å². The number of fused-ring (bicyclic) bond motifs is 3. The van der Waals surface area contributed by atoms with Crippen LogP contribution in [0.3, 0.4) is 0 Å². The Kier molecular flexibility index (Phi) is 10.4. The second-order valence-corrected chi connectivity index (χ2v) is 13.3. The van der Waals surface area contributed by atoms with Crippen molar-refractivity contribution >= 4 is 82.0 Å². The minimum absolute atomic E-state index is 0. The van der Waals surface area contributed by atoms with Crippen LogP contribution in [0.5, 0.6) is 0 Å². The number of aliphatic hydroxyl groups excluding tert-OH is 1. The maximum atomic E-state index is 11.7. The summed E-state index contributed by atoms with van der Waals surface area (Å²) in [5.74, 6) is 0.547. The van der Waals surface area contributed by atoms with Crippen LogP contribution in [0.15, 0.2) is 72.6 Å². The maximum absolute atomic E-state index is 11.7. The molecule has 0 aliphatic rings. The summed E-state index contributed by atoms with van der Waals surface area (Å²) in [7, 11) is 0. The molecule has 3 nitrogen and oxygen atoms in total. The molecular formula is C34H34IrNO2SSe-. The third kappa shape index (κ3) is 5.98. The first-order chi connectivity index (χ1) is 19.0. The minimum atomic E-state index is 0. The summed E-state index contributed by atoms with van der Waals surface area (Å²) < 4.78 is 5.54. The molecule has 3 heterocycles. The number of nitrogens with zero attached hydrogens (tertiary/aromatic N) is 1. The average Bonchev–Trinajstić information content (AvgIpc) is 3.27. The molecule has 3 aromatic heterocycles. The molecule has 0 aliphatic heterocycles. The molecule has 0 amide bonds. The molecule has 40 heavy (non-hydrogen) atoms. The standard InChI is InChI=1S/C21H10NSSe.C13H24O2.Ir/c1-2-5-13-11-18-14(10-12(13)4-1)21-20-16(8-9-22-21)23-15-6-3-7-17(24-18)19(15)20;1-5-10(6-2)12(14)9-13(15)11(7-3)8-4;/h1-9,11H;9-11,14H,5-8H2,1-4H3;/q-1;;/b;12-9-;. The topological polar surface area (TPSA) is 50.2 Å². The van der Waals surface area contributed by atoms with Gasteiger partial charge in [-0.15, -0.1) is 0 Å². The third-order valence-electron chi connectivity index (χ3n) is 7.66. The molecule has 0 bridgehead atoms. The number of thiophene rings is 1. The Hall–Kier alpha value is -2.33. The van der Waals surface area contributed by atoms with Gasteiger partial charge in [0.2, 0.25) is 0 Å². The van der Waals surface area contributed by atoms with Crippen LogP contribution in [0.2, 0.25) is 0 Å². The molecule has 1 N–H and O–H groups in total. The van der Waals surface area contributed by atoms with Crippen LogP contribution >= 0.6 is 11.3 Å². The number of ketones is 1. The first-order valence-electron chi connectivity index (χ1n) is 13.9. The number of carbonyl (C=O) groups is 1. The zero-order chi connectivity index (χ0) is 27.5. The van der Waals surface area contributed by atoms with Crippen molar-refractivity contribution in [3.8, 4) is 0 Å². The zero-order valence-corrected chi connectivity index (χ0v) is 28.2. The Balaban J connectivity index is 0.000000204.